The average molecular weight is 349 g/mol. The van der Waals surface area contributed by atoms with Crippen molar-refractivity contribution in [1.82, 2.24) is 0 Å². The quantitative estimate of drug-likeness (QED) is 0.622. The van der Waals surface area contributed by atoms with Crippen LogP contribution in [0.5, 0.6) is 11.5 Å². The zero-order valence-electron chi connectivity index (χ0n) is 12.5. The summed E-state index contributed by atoms with van der Waals surface area (Å²) in [7, 11) is 0. The number of hydrogen-bond donors (Lipinski definition) is 0. The van der Waals surface area contributed by atoms with Gasteiger partial charge in [-0.15, -0.1) is 0 Å². The second kappa shape index (κ2) is 8.08. The van der Waals surface area contributed by atoms with Crippen molar-refractivity contribution >= 4 is 15.9 Å². The number of hydrogen-bond acceptors (Lipinski definition) is 2. The van der Waals surface area contributed by atoms with Crippen LogP contribution in [0.2, 0.25) is 0 Å². The average Bonchev–Trinajstić information content (AvgIpc) is 2.51. The number of benzene rings is 2. The van der Waals surface area contributed by atoms with Crippen molar-refractivity contribution in [2.24, 2.45) is 0 Å². The molecule has 0 aliphatic heterocycles. The van der Waals surface area contributed by atoms with Crippen molar-refractivity contribution in [3.8, 4) is 11.5 Å². The van der Waals surface area contributed by atoms with Gasteiger partial charge in [-0.3, -0.25) is 0 Å². The zero-order valence-corrected chi connectivity index (χ0v) is 14.1. The van der Waals surface area contributed by atoms with E-state index in [4.69, 9.17) is 9.47 Å². The first-order chi connectivity index (χ1) is 10.2. The van der Waals surface area contributed by atoms with Gasteiger partial charge in [-0.05, 0) is 48.2 Å². The molecule has 0 fully saturated rings. The molecule has 0 aromatic heterocycles. The van der Waals surface area contributed by atoms with Crippen molar-refractivity contribution in [3.05, 3.63) is 58.6 Å². The molecule has 2 aromatic rings. The highest BCUT2D eigenvalue weighted by atomic mass is 79.9. The SMILES string of the molecule is CCC(C)c1ccc(OCCOc2cccc(Br)c2)cc1. The lowest BCUT2D eigenvalue weighted by atomic mass is 9.99. The Morgan fingerprint density at radius 2 is 1.62 bits per heavy atom. The van der Waals surface area contributed by atoms with Crippen LogP contribution >= 0.6 is 15.9 Å². The van der Waals surface area contributed by atoms with Crippen molar-refractivity contribution in [2.75, 3.05) is 13.2 Å². The summed E-state index contributed by atoms with van der Waals surface area (Å²) in [5.74, 6) is 2.33. The molecule has 112 valence electrons. The predicted octanol–water partition coefficient (Wildman–Crippen LogP) is 5.42. The summed E-state index contributed by atoms with van der Waals surface area (Å²) in [6.45, 7) is 5.51. The molecule has 2 nitrogen and oxygen atoms in total. The largest absolute Gasteiger partial charge is 0.490 e. The standard InChI is InChI=1S/C18H21BrO2/c1-3-14(2)15-7-9-17(10-8-15)20-11-12-21-18-6-4-5-16(19)13-18/h4-10,13-14H,3,11-12H2,1-2H3. The van der Waals surface area contributed by atoms with Crippen LogP contribution in [-0.4, -0.2) is 13.2 Å². The molecule has 0 amide bonds. The van der Waals surface area contributed by atoms with Gasteiger partial charge in [0, 0.05) is 4.47 Å². The molecule has 2 aromatic carbocycles. The van der Waals surface area contributed by atoms with E-state index in [0.717, 1.165) is 22.4 Å². The van der Waals surface area contributed by atoms with Gasteiger partial charge in [-0.25, -0.2) is 0 Å². The van der Waals surface area contributed by atoms with E-state index in [-0.39, 0.29) is 0 Å². The van der Waals surface area contributed by atoms with Gasteiger partial charge in [0.15, 0.2) is 0 Å². The number of halogens is 1. The first-order valence-electron chi connectivity index (χ1n) is 7.30. The lowest BCUT2D eigenvalue weighted by Gasteiger charge is -2.11. The summed E-state index contributed by atoms with van der Waals surface area (Å²) < 4.78 is 12.3. The van der Waals surface area contributed by atoms with E-state index in [1.54, 1.807) is 0 Å². The van der Waals surface area contributed by atoms with Gasteiger partial charge in [0.05, 0.1) is 0 Å². The van der Waals surface area contributed by atoms with Gasteiger partial charge >= 0.3 is 0 Å². The first kappa shape index (κ1) is 15.9. The molecule has 0 N–H and O–H groups in total. The van der Waals surface area contributed by atoms with Crippen LogP contribution in [0.25, 0.3) is 0 Å². The van der Waals surface area contributed by atoms with Crippen LogP contribution in [0.15, 0.2) is 53.0 Å². The van der Waals surface area contributed by atoms with Crippen molar-refractivity contribution in [3.63, 3.8) is 0 Å². The summed E-state index contributed by atoms with van der Waals surface area (Å²) in [5.41, 5.74) is 1.36. The fourth-order valence-electron chi connectivity index (χ4n) is 2.00. The van der Waals surface area contributed by atoms with Gasteiger partial charge < -0.3 is 9.47 Å². The smallest absolute Gasteiger partial charge is 0.122 e. The molecular weight excluding hydrogens is 328 g/mol. The molecule has 0 aliphatic rings. The summed E-state index contributed by atoms with van der Waals surface area (Å²) in [6, 6.07) is 16.1. The Balaban J connectivity index is 1.76. The molecule has 0 radical (unpaired) electrons. The van der Waals surface area contributed by atoms with E-state index in [2.05, 4.69) is 41.9 Å². The second-order valence-electron chi connectivity index (χ2n) is 5.03. The second-order valence-corrected chi connectivity index (χ2v) is 5.95. The Kier molecular flexibility index (Phi) is 6.12. The normalized spacial score (nSPS) is 12.0. The third kappa shape index (κ3) is 5.09. The van der Waals surface area contributed by atoms with Crippen LogP contribution < -0.4 is 9.47 Å². The van der Waals surface area contributed by atoms with E-state index < -0.39 is 0 Å². The van der Waals surface area contributed by atoms with Crippen LogP contribution in [0.1, 0.15) is 31.7 Å². The molecule has 0 spiro atoms. The Labute approximate surface area is 135 Å². The topological polar surface area (TPSA) is 18.5 Å². The highest BCUT2D eigenvalue weighted by Gasteiger charge is 2.02. The Morgan fingerprint density at radius 1 is 0.952 bits per heavy atom. The molecule has 1 atom stereocenters. The molecule has 21 heavy (non-hydrogen) atoms. The van der Waals surface area contributed by atoms with Crippen LogP contribution in [-0.2, 0) is 0 Å². The Morgan fingerprint density at radius 3 is 2.24 bits per heavy atom. The number of ether oxygens (including phenoxy) is 2. The molecule has 0 bridgehead atoms. The lowest BCUT2D eigenvalue weighted by molar-refractivity contribution is 0.217. The van der Waals surface area contributed by atoms with E-state index in [0.29, 0.717) is 19.1 Å². The van der Waals surface area contributed by atoms with Crippen molar-refractivity contribution < 1.29 is 9.47 Å². The van der Waals surface area contributed by atoms with E-state index >= 15 is 0 Å². The third-order valence-corrected chi connectivity index (χ3v) is 3.97. The molecule has 3 heteroatoms. The zero-order chi connectivity index (χ0) is 15.1. The minimum atomic E-state index is 0.531. The molecule has 0 heterocycles. The lowest BCUT2D eigenvalue weighted by Crippen LogP contribution is -2.09. The third-order valence-electron chi connectivity index (χ3n) is 3.48. The predicted molar refractivity (Wildman–Crippen MR) is 90.3 cm³/mol. The van der Waals surface area contributed by atoms with E-state index in [1.165, 1.54) is 5.56 Å². The van der Waals surface area contributed by atoms with E-state index in [1.807, 2.05) is 36.4 Å². The van der Waals surface area contributed by atoms with Gasteiger partial charge in [0.25, 0.3) is 0 Å². The van der Waals surface area contributed by atoms with Crippen LogP contribution in [0, 0.1) is 0 Å². The van der Waals surface area contributed by atoms with Gasteiger partial charge in [-0.2, -0.15) is 0 Å². The maximum absolute atomic E-state index is 5.69. The highest BCUT2D eigenvalue weighted by molar-refractivity contribution is 9.10. The summed E-state index contributed by atoms with van der Waals surface area (Å²) in [6.07, 6.45) is 1.15. The Hall–Kier alpha value is -1.48. The van der Waals surface area contributed by atoms with E-state index in [9.17, 15) is 0 Å². The Bertz CT molecular complexity index is 551. The molecular formula is C18H21BrO2. The summed E-state index contributed by atoms with van der Waals surface area (Å²) in [5, 5.41) is 0. The van der Waals surface area contributed by atoms with Gasteiger partial charge in [-0.1, -0.05) is 48.0 Å². The maximum atomic E-state index is 5.69. The maximum Gasteiger partial charge on any atom is 0.122 e. The first-order valence-corrected chi connectivity index (χ1v) is 8.09. The minimum absolute atomic E-state index is 0.531. The van der Waals surface area contributed by atoms with Crippen molar-refractivity contribution in [1.29, 1.82) is 0 Å². The fraction of sp³-hybridized carbons (Fsp3) is 0.333. The highest BCUT2D eigenvalue weighted by Crippen LogP contribution is 2.21. The minimum Gasteiger partial charge on any atom is -0.490 e. The number of rotatable bonds is 7. The summed E-state index contributed by atoms with van der Waals surface area (Å²) in [4.78, 5) is 0. The molecule has 0 saturated heterocycles. The molecule has 0 aliphatic carbocycles. The van der Waals surface area contributed by atoms with Gasteiger partial charge in [0.1, 0.15) is 24.7 Å². The molecule has 0 saturated carbocycles. The molecule has 1 unspecified atom stereocenters. The monoisotopic (exact) mass is 348 g/mol. The van der Waals surface area contributed by atoms with Crippen molar-refractivity contribution in [2.45, 2.75) is 26.2 Å². The van der Waals surface area contributed by atoms with Crippen LogP contribution in [0.4, 0.5) is 0 Å². The molecule has 2 rings (SSSR count). The fourth-order valence-corrected chi connectivity index (χ4v) is 2.38. The van der Waals surface area contributed by atoms with Crippen LogP contribution in [0.3, 0.4) is 0 Å². The summed E-state index contributed by atoms with van der Waals surface area (Å²) >= 11 is 3.42. The van der Waals surface area contributed by atoms with Gasteiger partial charge in [0.2, 0.25) is 0 Å².